The molecule has 2 aromatic rings. The highest BCUT2D eigenvalue weighted by atomic mass is 16.6. The molecular formula is C26H31NO4. The van der Waals surface area contributed by atoms with E-state index in [1.165, 1.54) is 5.56 Å². The van der Waals surface area contributed by atoms with Crippen LogP contribution < -0.4 is 0 Å². The van der Waals surface area contributed by atoms with Crippen LogP contribution >= 0.6 is 0 Å². The molecule has 0 aromatic heterocycles. The van der Waals surface area contributed by atoms with Gasteiger partial charge in [0, 0.05) is 12.5 Å². The third-order valence-electron chi connectivity index (χ3n) is 6.53. The second kappa shape index (κ2) is 10.1. The Morgan fingerprint density at radius 2 is 1.61 bits per heavy atom. The van der Waals surface area contributed by atoms with Gasteiger partial charge in [-0.1, -0.05) is 60.7 Å². The molecule has 1 amide bonds. The van der Waals surface area contributed by atoms with E-state index in [2.05, 4.69) is 30.3 Å². The van der Waals surface area contributed by atoms with Gasteiger partial charge < -0.3 is 9.47 Å². The molecule has 5 heteroatoms. The average Bonchev–Trinajstić information content (AvgIpc) is 3.10. The summed E-state index contributed by atoms with van der Waals surface area (Å²) in [6.07, 6.45) is 4.20. The third-order valence-corrected chi connectivity index (χ3v) is 6.53. The zero-order valence-electron chi connectivity index (χ0n) is 18.1. The van der Waals surface area contributed by atoms with Gasteiger partial charge in [-0.25, -0.2) is 4.79 Å². The summed E-state index contributed by atoms with van der Waals surface area (Å²) in [5, 5.41) is 0. The Morgan fingerprint density at radius 3 is 2.29 bits per heavy atom. The predicted molar refractivity (Wildman–Crippen MR) is 119 cm³/mol. The number of likely N-dealkylation sites (tertiary alicyclic amines) is 1. The minimum Gasteiger partial charge on any atom is -0.445 e. The molecule has 2 aromatic carbocycles. The van der Waals surface area contributed by atoms with Crippen LogP contribution in [0.25, 0.3) is 0 Å². The summed E-state index contributed by atoms with van der Waals surface area (Å²) in [6, 6.07) is 19.5. The molecule has 1 aliphatic heterocycles. The fourth-order valence-electron chi connectivity index (χ4n) is 4.78. The predicted octanol–water partition coefficient (Wildman–Crippen LogP) is 5.10. The number of benzene rings is 2. The Morgan fingerprint density at radius 1 is 0.968 bits per heavy atom. The van der Waals surface area contributed by atoms with Gasteiger partial charge in [0.25, 0.3) is 0 Å². The average molecular weight is 422 g/mol. The molecule has 0 radical (unpaired) electrons. The van der Waals surface area contributed by atoms with Crippen molar-refractivity contribution < 1.29 is 19.1 Å². The van der Waals surface area contributed by atoms with Crippen LogP contribution in [0.15, 0.2) is 60.7 Å². The lowest BCUT2D eigenvalue weighted by Gasteiger charge is -2.31. The standard InChI is InChI=1S/C26H31NO4/c1-19-16-25(28)24(27(19)26(29)31-17-20-8-4-2-5-9-20)18-30-23-14-12-22(13-15-23)21-10-6-3-7-11-21/h2-11,19,22-24H,12-18H2,1H3/t19-,22-,23+,24+/m1/s1. The highest BCUT2D eigenvalue weighted by molar-refractivity contribution is 5.91. The molecule has 1 aliphatic carbocycles. The molecule has 2 atom stereocenters. The van der Waals surface area contributed by atoms with E-state index >= 15 is 0 Å². The summed E-state index contributed by atoms with van der Waals surface area (Å²) in [5.41, 5.74) is 2.32. The number of Topliss-reactive ketones (excluding diaryl/α,β-unsaturated/α-hetero) is 1. The maximum atomic E-state index is 12.7. The van der Waals surface area contributed by atoms with Crippen LogP contribution in [0.5, 0.6) is 0 Å². The van der Waals surface area contributed by atoms with Crippen molar-refractivity contribution in [3.05, 3.63) is 71.8 Å². The number of amides is 1. The molecule has 1 heterocycles. The number of hydrogen-bond acceptors (Lipinski definition) is 4. The highest BCUT2D eigenvalue weighted by Gasteiger charge is 2.42. The molecule has 1 saturated carbocycles. The van der Waals surface area contributed by atoms with E-state index in [1.54, 1.807) is 4.90 Å². The smallest absolute Gasteiger partial charge is 0.411 e. The van der Waals surface area contributed by atoms with Crippen LogP contribution in [0.1, 0.15) is 56.1 Å². The van der Waals surface area contributed by atoms with E-state index < -0.39 is 12.1 Å². The fraction of sp³-hybridized carbons (Fsp3) is 0.462. The SMILES string of the molecule is C[C@@H]1CC(=O)[C@H](CO[C@H]2CC[C@@H](c3ccccc3)CC2)N1C(=O)OCc1ccccc1. The van der Waals surface area contributed by atoms with Gasteiger partial charge in [-0.2, -0.15) is 0 Å². The summed E-state index contributed by atoms with van der Waals surface area (Å²) in [4.78, 5) is 26.9. The molecule has 4 rings (SSSR count). The van der Waals surface area contributed by atoms with Crippen LogP contribution in [-0.2, 0) is 20.9 Å². The summed E-state index contributed by atoms with van der Waals surface area (Å²) in [7, 11) is 0. The Hall–Kier alpha value is -2.66. The molecular weight excluding hydrogens is 390 g/mol. The Balaban J connectivity index is 1.28. The Kier molecular flexibility index (Phi) is 7.03. The van der Waals surface area contributed by atoms with Gasteiger partial charge in [0.2, 0.25) is 0 Å². The molecule has 164 valence electrons. The van der Waals surface area contributed by atoms with Gasteiger partial charge in [-0.3, -0.25) is 9.69 Å². The molecule has 5 nitrogen and oxygen atoms in total. The lowest BCUT2D eigenvalue weighted by Crippen LogP contribution is -2.45. The van der Waals surface area contributed by atoms with Crippen molar-refractivity contribution in [2.45, 2.75) is 69.7 Å². The number of rotatable bonds is 6. The normalized spacial score (nSPS) is 26.1. The molecule has 0 bridgehead atoms. The zero-order valence-corrected chi connectivity index (χ0v) is 18.1. The van der Waals surface area contributed by atoms with Crippen LogP contribution in [0.3, 0.4) is 0 Å². The van der Waals surface area contributed by atoms with Crippen LogP contribution in [0.4, 0.5) is 4.79 Å². The number of ether oxygens (including phenoxy) is 2. The van der Waals surface area contributed by atoms with Gasteiger partial charge in [0.05, 0.1) is 12.7 Å². The fourth-order valence-corrected chi connectivity index (χ4v) is 4.78. The minimum atomic E-state index is -0.551. The minimum absolute atomic E-state index is 0.0575. The first-order valence-electron chi connectivity index (χ1n) is 11.3. The maximum Gasteiger partial charge on any atom is 0.411 e. The largest absolute Gasteiger partial charge is 0.445 e. The molecule has 0 spiro atoms. The van der Waals surface area contributed by atoms with Gasteiger partial charge in [0.1, 0.15) is 12.6 Å². The number of carbonyl (C=O) groups is 2. The maximum absolute atomic E-state index is 12.7. The molecule has 31 heavy (non-hydrogen) atoms. The van der Waals surface area contributed by atoms with E-state index in [-0.39, 0.29) is 31.1 Å². The second-order valence-electron chi connectivity index (χ2n) is 8.70. The van der Waals surface area contributed by atoms with E-state index in [0.29, 0.717) is 12.3 Å². The first-order chi connectivity index (χ1) is 15.1. The lowest BCUT2D eigenvalue weighted by atomic mass is 9.83. The Bertz CT molecular complexity index is 861. The van der Waals surface area contributed by atoms with E-state index in [1.807, 2.05) is 37.3 Å². The van der Waals surface area contributed by atoms with Crippen molar-refractivity contribution in [1.82, 2.24) is 4.90 Å². The van der Waals surface area contributed by atoms with Crippen LogP contribution in [0, 0.1) is 0 Å². The highest BCUT2D eigenvalue weighted by Crippen LogP contribution is 2.34. The molecule has 2 aliphatic rings. The summed E-state index contributed by atoms with van der Waals surface area (Å²) < 4.78 is 11.6. The summed E-state index contributed by atoms with van der Waals surface area (Å²) in [5.74, 6) is 0.640. The number of hydrogen-bond donors (Lipinski definition) is 0. The van der Waals surface area contributed by atoms with Crippen LogP contribution in [-0.4, -0.2) is 41.6 Å². The quantitative estimate of drug-likeness (QED) is 0.651. The van der Waals surface area contributed by atoms with Gasteiger partial charge in [-0.15, -0.1) is 0 Å². The lowest BCUT2D eigenvalue weighted by molar-refractivity contribution is -0.122. The van der Waals surface area contributed by atoms with Crippen LogP contribution in [0.2, 0.25) is 0 Å². The zero-order chi connectivity index (χ0) is 21.6. The first kappa shape index (κ1) is 21.6. The van der Waals surface area contributed by atoms with Crippen molar-refractivity contribution >= 4 is 11.9 Å². The van der Waals surface area contributed by atoms with Crippen molar-refractivity contribution in [2.75, 3.05) is 6.61 Å². The van der Waals surface area contributed by atoms with Gasteiger partial charge in [-0.05, 0) is 49.7 Å². The van der Waals surface area contributed by atoms with Crippen molar-refractivity contribution in [3.63, 3.8) is 0 Å². The van der Waals surface area contributed by atoms with E-state index in [9.17, 15) is 9.59 Å². The van der Waals surface area contributed by atoms with Crippen molar-refractivity contribution in [3.8, 4) is 0 Å². The molecule has 0 unspecified atom stereocenters. The van der Waals surface area contributed by atoms with Gasteiger partial charge >= 0.3 is 6.09 Å². The van der Waals surface area contributed by atoms with Gasteiger partial charge in [0.15, 0.2) is 5.78 Å². The number of nitrogens with zero attached hydrogens (tertiary/aromatic N) is 1. The molecule has 0 N–H and O–H groups in total. The number of ketones is 1. The van der Waals surface area contributed by atoms with E-state index in [0.717, 1.165) is 31.2 Å². The monoisotopic (exact) mass is 421 g/mol. The topological polar surface area (TPSA) is 55.8 Å². The van der Waals surface area contributed by atoms with Crippen molar-refractivity contribution in [2.24, 2.45) is 0 Å². The second-order valence-corrected chi connectivity index (χ2v) is 8.70. The van der Waals surface area contributed by atoms with E-state index in [4.69, 9.17) is 9.47 Å². The summed E-state index contributed by atoms with van der Waals surface area (Å²) >= 11 is 0. The molecule has 2 fully saturated rings. The van der Waals surface area contributed by atoms with Crippen molar-refractivity contribution in [1.29, 1.82) is 0 Å². The summed E-state index contributed by atoms with van der Waals surface area (Å²) in [6.45, 7) is 2.35. The molecule has 1 saturated heterocycles. The Labute approximate surface area is 184 Å². The number of carbonyl (C=O) groups excluding carboxylic acids is 2. The third kappa shape index (κ3) is 5.34. The first-order valence-corrected chi connectivity index (χ1v) is 11.3.